The number of rotatable bonds is 1. The fourth-order valence-electron chi connectivity index (χ4n) is 0.606. The van der Waals surface area contributed by atoms with E-state index in [1.807, 2.05) is 0 Å². The third kappa shape index (κ3) is 1.33. The van der Waals surface area contributed by atoms with E-state index in [-0.39, 0.29) is 5.46 Å². The first-order chi connectivity index (χ1) is 4.74. The van der Waals surface area contributed by atoms with Crippen LogP contribution in [0.1, 0.15) is 0 Å². The van der Waals surface area contributed by atoms with Gasteiger partial charge in [0.15, 0.2) is 0 Å². The Morgan fingerprint density at radius 3 is 2.50 bits per heavy atom. The van der Waals surface area contributed by atoms with Crippen molar-refractivity contribution in [3.8, 4) is 0 Å². The summed E-state index contributed by atoms with van der Waals surface area (Å²) in [5.74, 6) is -1.41. The standard InChI is InChI=1S/C6H4BF2O/c8-4-1-2-5(7-10)6(9)3-4/h1-3,10H. The van der Waals surface area contributed by atoms with Gasteiger partial charge in [-0.1, -0.05) is 6.07 Å². The van der Waals surface area contributed by atoms with Gasteiger partial charge in [0.25, 0.3) is 0 Å². The molecular formula is C6H4BF2O. The summed E-state index contributed by atoms with van der Waals surface area (Å²) in [7, 11) is 0.592. The second kappa shape index (κ2) is 2.79. The van der Waals surface area contributed by atoms with Gasteiger partial charge in [-0.15, -0.1) is 0 Å². The molecule has 10 heavy (non-hydrogen) atoms. The van der Waals surface area contributed by atoms with Crippen LogP contribution < -0.4 is 5.46 Å². The van der Waals surface area contributed by atoms with E-state index in [1.165, 1.54) is 0 Å². The van der Waals surface area contributed by atoms with Crippen LogP contribution in [0.2, 0.25) is 0 Å². The lowest BCUT2D eigenvalue weighted by atomic mass is 9.88. The zero-order chi connectivity index (χ0) is 7.56. The van der Waals surface area contributed by atoms with E-state index >= 15 is 0 Å². The first kappa shape index (κ1) is 7.21. The molecule has 1 radical (unpaired) electrons. The Hall–Kier alpha value is -0.895. The van der Waals surface area contributed by atoms with Crippen LogP contribution in [-0.2, 0) is 0 Å². The molecule has 1 N–H and O–H groups in total. The van der Waals surface area contributed by atoms with Gasteiger partial charge < -0.3 is 5.02 Å². The second-order valence-electron chi connectivity index (χ2n) is 1.79. The van der Waals surface area contributed by atoms with Crippen molar-refractivity contribution in [1.29, 1.82) is 0 Å². The summed E-state index contributed by atoms with van der Waals surface area (Å²) in [4.78, 5) is 0. The second-order valence-corrected chi connectivity index (χ2v) is 1.79. The molecule has 1 aromatic carbocycles. The zero-order valence-corrected chi connectivity index (χ0v) is 5.01. The Morgan fingerprint density at radius 1 is 1.30 bits per heavy atom. The largest absolute Gasteiger partial charge is 0.450 e. The minimum Gasteiger partial charge on any atom is -0.450 e. The molecule has 0 fully saturated rings. The monoisotopic (exact) mass is 141 g/mol. The summed E-state index contributed by atoms with van der Waals surface area (Å²) in [6.07, 6.45) is 0. The topological polar surface area (TPSA) is 20.2 Å². The molecule has 1 rings (SSSR count). The number of hydrogen-bond donors (Lipinski definition) is 1. The third-order valence-electron chi connectivity index (χ3n) is 1.10. The van der Waals surface area contributed by atoms with E-state index < -0.39 is 11.6 Å². The number of benzene rings is 1. The SMILES string of the molecule is O[B]c1ccc(F)cc1F. The Labute approximate surface area is 57.6 Å². The van der Waals surface area contributed by atoms with Gasteiger partial charge in [0.05, 0.1) is 0 Å². The fraction of sp³-hybridized carbons (Fsp3) is 0. The molecule has 0 aromatic heterocycles. The maximum atomic E-state index is 12.4. The van der Waals surface area contributed by atoms with Crippen molar-refractivity contribution >= 4 is 12.9 Å². The average Bonchev–Trinajstić information content (AvgIpc) is 1.88. The van der Waals surface area contributed by atoms with E-state index in [9.17, 15) is 8.78 Å². The van der Waals surface area contributed by atoms with Gasteiger partial charge in [-0.25, -0.2) is 8.78 Å². The molecule has 0 unspecified atom stereocenters. The van der Waals surface area contributed by atoms with Crippen molar-refractivity contribution < 1.29 is 13.8 Å². The highest BCUT2D eigenvalue weighted by Crippen LogP contribution is 1.97. The molecule has 4 heteroatoms. The average molecular weight is 141 g/mol. The molecule has 0 heterocycles. The summed E-state index contributed by atoms with van der Waals surface area (Å²) < 4.78 is 24.6. The highest BCUT2D eigenvalue weighted by molar-refractivity contribution is 6.45. The minimum absolute atomic E-state index is 0.0126. The fourth-order valence-corrected chi connectivity index (χ4v) is 0.606. The number of halogens is 2. The first-order valence-corrected chi connectivity index (χ1v) is 2.66. The predicted molar refractivity (Wildman–Crippen MR) is 34.0 cm³/mol. The van der Waals surface area contributed by atoms with Crippen LogP contribution in [0.15, 0.2) is 18.2 Å². The maximum absolute atomic E-state index is 12.4. The summed E-state index contributed by atoms with van der Waals surface area (Å²) in [5, 5.41) is 8.32. The molecular weight excluding hydrogens is 137 g/mol. The normalized spacial score (nSPS) is 9.50. The van der Waals surface area contributed by atoms with Gasteiger partial charge in [0.1, 0.15) is 11.6 Å². The Bertz CT molecular complexity index is 239. The Kier molecular flexibility index (Phi) is 2.01. The van der Waals surface area contributed by atoms with Crippen LogP contribution in [0.3, 0.4) is 0 Å². The Morgan fingerprint density at radius 2 is 2.00 bits per heavy atom. The zero-order valence-electron chi connectivity index (χ0n) is 5.01. The minimum atomic E-state index is -0.762. The van der Waals surface area contributed by atoms with Gasteiger partial charge in [0, 0.05) is 6.07 Å². The highest BCUT2D eigenvalue weighted by Gasteiger charge is 2.02. The lowest BCUT2D eigenvalue weighted by Crippen LogP contribution is -2.17. The van der Waals surface area contributed by atoms with Gasteiger partial charge in [0.2, 0.25) is 0 Å². The van der Waals surface area contributed by atoms with Gasteiger partial charge in [-0.3, -0.25) is 0 Å². The van der Waals surface area contributed by atoms with E-state index in [0.29, 0.717) is 13.5 Å². The van der Waals surface area contributed by atoms with Crippen molar-refractivity contribution in [2.24, 2.45) is 0 Å². The van der Waals surface area contributed by atoms with Crippen molar-refractivity contribution in [3.05, 3.63) is 29.8 Å². The van der Waals surface area contributed by atoms with Gasteiger partial charge in [-0.05, 0) is 11.5 Å². The summed E-state index contributed by atoms with van der Waals surface area (Å²) in [6.45, 7) is 0. The van der Waals surface area contributed by atoms with Crippen LogP contribution in [0.4, 0.5) is 8.78 Å². The van der Waals surface area contributed by atoms with Crippen molar-refractivity contribution in [2.75, 3.05) is 0 Å². The van der Waals surface area contributed by atoms with Gasteiger partial charge >= 0.3 is 7.48 Å². The van der Waals surface area contributed by atoms with Crippen LogP contribution in [0.5, 0.6) is 0 Å². The first-order valence-electron chi connectivity index (χ1n) is 2.66. The van der Waals surface area contributed by atoms with E-state index in [2.05, 4.69) is 0 Å². The van der Waals surface area contributed by atoms with E-state index in [1.54, 1.807) is 0 Å². The molecule has 0 saturated heterocycles. The molecule has 1 nitrogen and oxygen atoms in total. The van der Waals surface area contributed by atoms with Gasteiger partial charge in [-0.2, -0.15) is 0 Å². The molecule has 1 aromatic rings. The van der Waals surface area contributed by atoms with Crippen LogP contribution in [-0.4, -0.2) is 12.5 Å². The Balaban J connectivity index is 3.07. The molecule has 0 aliphatic rings. The summed E-state index contributed by atoms with van der Waals surface area (Å²) in [5.41, 5.74) is -0.0126. The van der Waals surface area contributed by atoms with Crippen LogP contribution in [0.25, 0.3) is 0 Å². The molecule has 0 bridgehead atoms. The summed E-state index contributed by atoms with van der Waals surface area (Å²) in [6, 6.07) is 2.94. The molecule has 0 aliphatic carbocycles. The van der Waals surface area contributed by atoms with Crippen molar-refractivity contribution in [3.63, 3.8) is 0 Å². The molecule has 51 valence electrons. The number of hydrogen-bond acceptors (Lipinski definition) is 1. The molecule has 0 amide bonds. The molecule has 0 spiro atoms. The highest BCUT2D eigenvalue weighted by atomic mass is 19.1. The molecule has 0 saturated carbocycles. The van der Waals surface area contributed by atoms with Crippen LogP contribution >= 0.6 is 0 Å². The third-order valence-corrected chi connectivity index (χ3v) is 1.10. The molecule has 0 atom stereocenters. The maximum Gasteiger partial charge on any atom is 0.329 e. The summed E-state index contributed by atoms with van der Waals surface area (Å²) >= 11 is 0. The quantitative estimate of drug-likeness (QED) is 0.554. The predicted octanol–water partition coefficient (Wildman–Crippen LogP) is 0.202. The van der Waals surface area contributed by atoms with Crippen molar-refractivity contribution in [2.45, 2.75) is 0 Å². The van der Waals surface area contributed by atoms with Crippen LogP contribution in [0, 0.1) is 11.6 Å². The van der Waals surface area contributed by atoms with E-state index in [0.717, 1.165) is 12.1 Å². The molecule has 0 aliphatic heterocycles. The lowest BCUT2D eigenvalue weighted by Gasteiger charge is -1.94. The smallest absolute Gasteiger partial charge is 0.329 e. The van der Waals surface area contributed by atoms with Crippen molar-refractivity contribution in [1.82, 2.24) is 0 Å². The lowest BCUT2D eigenvalue weighted by molar-refractivity contribution is 0.580. The van der Waals surface area contributed by atoms with E-state index in [4.69, 9.17) is 5.02 Å².